The van der Waals surface area contributed by atoms with Crippen molar-refractivity contribution in [2.24, 2.45) is 0 Å². The first-order valence-corrected chi connectivity index (χ1v) is 24.1. The summed E-state index contributed by atoms with van der Waals surface area (Å²) in [5, 5.41) is 0. The molecular weight excluding hydrogens is 695 g/mol. The van der Waals surface area contributed by atoms with Crippen LogP contribution in [0.4, 0.5) is 26.3 Å². The molecule has 0 aliphatic heterocycles. The molecule has 0 saturated heterocycles. The highest BCUT2D eigenvalue weighted by molar-refractivity contribution is 8.13. The van der Waals surface area contributed by atoms with Crippen LogP contribution in [0.3, 0.4) is 0 Å². The number of unbranched alkanes of at least 4 members (excludes halogenated alkanes) is 20. The molecule has 0 fully saturated rings. The van der Waals surface area contributed by atoms with Crippen LogP contribution in [0.1, 0.15) is 182 Å². The molecule has 0 spiro atoms. The van der Waals surface area contributed by atoms with E-state index in [4.69, 9.17) is 0 Å². The number of nitrogens with zero attached hydrogens (tertiary/aromatic N) is 1. The molecule has 0 saturated carbocycles. The van der Waals surface area contributed by atoms with E-state index in [2.05, 4.69) is 27.7 Å². The van der Waals surface area contributed by atoms with Crippen LogP contribution in [0.5, 0.6) is 0 Å². The fraction of sp³-hybridized carbons (Fsp3) is 1.00. The molecule has 0 radical (unpaired) electrons. The molecular formula is C34H68F6NO4PS2. The first-order chi connectivity index (χ1) is 22.4. The first kappa shape index (κ1) is 50.0. The number of sulfonamides is 2. The van der Waals surface area contributed by atoms with E-state index in [0.717, 1.165) is 4.13 Å². The van der Waals surface area contributed by atoms with Crippen LogP contribution >= 0.6 is 7.26 Å². The largest absolute Gasteiger partial charge is 0.480 e. The van der Waals surface area contributed by atoms with Crippen molar-refractivity contribution < 1.29 is 43.2 Å². The summed E-state index contributed by atoms with van der Waals surface area (Å²) in [6.07, 6.45) is 42.1. The number of halogens is 6. The van der Waals surface area contributed by atoms with Crippen molar-refractivity contribution in [2.75, 3.05) is 24.6 Å². The van der Waals surface area contributed by atoms with E-state index in [1.54, 1.807) is 50.3 Å². The zero-order valence-corrected chi connectivity index (χ0v) is 32.9. The van der Waals surface area contributed by atoms with E-state index in [1.165, 1.54) is 128 Å². The third kappa shape index (κ3) is 25.8. The molecule has 14 heteroatoms. The molecule has 0 bridgehead atoms. The lowest BCUT2D eigenvalue weighted by Gasteiger charge is -2.28. The summed E-state index contributed by atoms with van der Waals surface area (Å²) < 4.78 is 109. The van der Waals surface area contributed by atoms with Gasteiger partial charge >= 0.3 is 11.0 Å². The predicted octanol–water partition coefficient (Wildman–Crippen LogP) is 13.5. The van der Waals surface area contributed by atoms with Gasteiger partial charge < -0.3 is 4.13 Å². The Morgan fingerprint density at radius 2 is 0.562 bits per heavy atom. The Labute approximate surface area is 291 Å². The third-order valence-corrected chi connectivity index (χ3v) is 16.5. The van der Waals surface area contributed by atoms with Gasteiger partial charge in [-0.1, -0.05) is 130 Å². The Kier molecular flexibility index (Phi) is 29.6. The van der Waals surface area contributed by atoms with Crippen molar-refractivity contribution in [1.82, 2.24) is 0 Å². The van der Waals surface area contributed by atoms with Gasteiger partial charge in [0.15, 0.2) is 20.0 Å². The van der Waals surface area contributed by atoms with Gasteiger partial charge in [-0.15, -0.1) is 0 Å². The van der Waals surface area contributed by atoms with Crippen LogP contribution in [0.2, 0.25) is 0 Å². The van der Waals surface area contributed by atoms with Crippen LogP contribution in [-0.2, 0) is 20.0 Å². The second-order valence-corrected chi connectivity index (χ2v) is 21.1. The molecule has 292 valence electrons. The summed E-state index contributed by atoms with van der Waals surface area (Å²) in [6.45, 7) is 9.41. The average molecular weight is 764 g/mol. The van der Waals surface area contributed by atoms with Crippen LogP contribution in [0, 0.1) is 0 Å². The smallest absolute Gasteiger partial charge is 0.421 e. The normalized spacial score (nSPS) is 13.0. The number of hydrogen-bond donors (Lipinski definition) is 0. The fourth-order valence-electron chi connectivity index (χ4n) is 5.79. The minimum absolute atomic E-state index is 0.697. The van der Waals surface area contributed by atoms with Crippen molar-refractivity contribution >= 4 is 27.3 Å². The van der Waals surface area contributed by atoms with Crippen LogP contribution in [0.15, 0.2) is 0 Å². The Balaban J connectivity index is 0. The van der Waals surface area contributed by atoms with E-state index in [1.807, 2.05) is 0 Å². The Hall–Kier alpha value is -0.130. The number of alkyl halides is 6. The van der Waals surface area contributed by atoms with Gasteiger partial charge in [-0.3, -0.25) is 0 Å². The lowest BCUT2D eigenvalue weighted by atomic mass is 10.1. The van der Waals surface area contributed by atoms with Crippen LogP contribution in [-0.4, -0.2) is 52.5 Å². The fourth-order valence-corrected chi connectivity index (χ4v) is 12.4. The van der Waals surface area contributed by atoms with E-state index >= 15 is 0 Å². The molecule has 0 aromatic rings. The Bertz CT molecular complexity index is 888. The van der Waals surface area contributed by atoms with Gasteiger partial charge in [-0.05, 0) is 51.4 Å². The van der Waals surface area contributed by atoms with E-state index in [-0.39, 0.29) is 0 Å². The van der Waals surface area contributed by atoms with Gasteiger partial charge in [0.25, 0.3) is 0 Å². The minimum Gasteiger partial charge on any atom is -0.421 e. The lowest BCUT2D eigenvalue weighted by molar-refractivity contribution is -0.0444. The van der Waals surface area contributed by atoms with Gasteiger partial charge in [-0.2, -0.15) is 26.3 Å². The van der Waals surface area contributed by atoms with Gasteiger partial charge in [0.05, 0.1) is 24.6 Å². The molecule has 0 N–H and O–H groups in total. The molecule has 0 aromatic heterocycles. The maximum Gasteiger partial charge on any atom is 0.480 e. The zero-order valence-electron chi connectivity index (χ0n) is 30.4. The second-order valence-electron chi connectivity index (χ2n) is 13.2. The zero-order chi connectivity index (χ0) is 37.0. The SMILES string of the molecule is CCCCCCCCCCCCCC[P+](CCCCCC)(CCCCCC)CCCCCC.O=S(=O)([N-]S(=O)(=O)C(F)(F)F)C(F)(F)F. The van der Waals surface area contributed by atoms with Gasteiger partial charge in [0.2, 0.25) is 0 Å². The molecule has 0 heterocycles. The summed E-state index contributed by atoms with van der Waals surface area (Å²) in [7, 11) is -14.1. The Morgan fingerprint density at radius 1 is 0.375 bits per heavy atom. The van der Waals surface area contributed by atoms with Crippen LogP contribution < -0.4 is 0 Å². The molecule has 0 atom stereocenters. The highest BCUT2D eigenvalue weighted by Gasteiger charge is 2.47. The summed E-state index contributed by atoms with van der Waals surface area (Å²) in [5.74, 6) is 0. The monoisotopic (exact) mass is 763 g/mol. The maximum absolute atomic E-state index is 11.4. The van der Waals surface area contributed by atoms with E-state index < -0.39 is 38.3 Å². The summed E-state index contributed by atoms with van der Waals surface area (Å²) in [4.78, 5) is 0. The minimum atomic E-state index is -6.72. The first-order valence-electron chi connectivity index (χ1n) is 18.7. The average Bonchev–Trinajstić information content (AvgIpc) is 2.99. The van der Waals surface area contributed by atoms with Crippen molar-refractivity contribution in [3.63, 3.8) is 0 Å². The lowest BCUT2D eigenvalue weighted by Crippen LogP contribution is -2.30. The highest BCUT2D eigenvalue weighted by atomic mass is 32.3. The second kappa shape index (κ2) is 28.5. The number of rotatable bonds is 30. The highest BCUT2D eigenvalue weighted by Crippen LogP contribution is 2.61. The van der Waals surface area contributed by atoms with Gasteiger partial charge in [0.1, 0.15) is 0 Å². The van der Waals surface area contributed by atoms with Crippen molar-refractivity contribution in [3.8, 4) is 0 Å². The van der Waals surface area contributed by atoms with Crippen molar-refractivity contribution in [1.29, 1.82) is 0 Å². The van der Waals surface area contributed by atoms with Crippen molar-refractivity contribution in [3.05, 3.63) is 4.13 Å². The quantitative estimate of drug-likeness (QED) is 0.0414. The molecule has 0 aliphatic carbocycles. The summed E-state index contributed by atoms with van der Waals surface area (Å²) in [5.41, 5.74) is -12.4. The Morgan fingerprint density at radius 3 is 0.771 bits per heavy atom. The molecule has 0 rings (SSSR count). The molecule has 5 nitrogen and oxygen atoms in total. The summed E-state index contributed by atoms with van der Waals surface area (Å²) >= 11 is 0. The topological polar surface area (TPSA) is 82.4 Å². The molecule has 0 amide bonds. The van der Waals surface area contributed by atoms with Gasteiger partial charge in [0, 0.05) is 7.26 Å². The molecule has 48 heavy (non-hydrogen) atoms. The van der Waals surface area contributed by atoms with E-state index in [9.17, 15) is 43.2 Å². The van der Waals surface area contributed by atoms with Gasteiger partial charge in [-0.25, -0.2) is 16.8 Å². The molecule has 0 aliphatic rings. The van der Waals surface area contributed by atoms with E-state index in [0.29, 0.717) is 0 Å². The maximum atomic E-state index is 11.4. The standard InChI is InChI=1S/C32H68P.C2F6NO4S2/c1-5-9-13-17-18-19-20-21-22-23-24-28-32-33(29-25-14-10-6-2,30-26-15-11-7-3)31-27-16-12-8-4;3-1(4,5)14(10,11)9-15(12,13)2(6,7)8/h5-32H2,1-4H3;/q+1;-1. The predicted molar refractivity (Wildman–Crippen MR) is 193 cm³/mol. The molecule has 0 aromatic carbocycles. The number of hydrogen-bond acceptors (Lipinski definition) is 4. The molecule has 0 unspecified atom stereocenters. The van der Waals surface area contributed by atoms with Crippen LogP contribution in [0.25, 0.3) is 4.13 Å². The van der Waals surface area contributed by atoms with Crippen molar-refractivity contribution in [2.45, 2.75) is 193 Å². The third-order valence-electron chi connectivity index (χ3n) is 8.73. The summed E-state index contributed by atoms with van der Waals surface area (Å²) in [6, 6.07) is 0.